The third-order valence-corrected chi connectivity index (χ3v) is 4.23. The lowest BCUT2D eigenvalue weighted by molar-refractivity contribution is -0.123. The van der Waals surface area contributed by atoms with Crippen molar-refractivity contribution in [1.29, 1.82) is 0 Å². The van der Waals surface area contributed by atoms with Crippen LogP contribution in [0.3, 0.4) is 0 Å². The van der Waals surface area contributed by atoms with Gasteiger partial charge >= 0.3 is 0 Å². The number of nitrogens with zero attached hydrogens (tertiary/aromatic N) is 2. The standard InChI is InChI=1S/C17H19N3O4/c1-23-13-6-4-11(5-7-13)15-14(19-10-24-15)17(22)20-8-2-3-12(9-20)16(18)21/h4-7,10,12H,2-3,8-9H2,1H3,(H2,18,21). The Hall–Kier alpha value is -2.83. The molecule has 1 saturated heterocycles. The molecule has 7 heteroatoms. The Balaban J connectivity index is 1.83. The molecule has 2 N–H and O–H groups in total. The van der Waals surface area contributed by atoms with Crippen LogP contribution in [0.25, 0.3) is 11.3 Å². The summed E-state index contributed by atoms with van der Waals surface area (Å²) < 4.78 is 10.5. The fourth-order valence-corrected chi connectivity index (χ4v) is 2.89. The number of primary amides is 1. The van der Waals surface area contributed by atoms with E-state index in [4.69, 9.17) is 14.9 Å². The maximum atomic E-state index is 12.8. The van der Waals surface area contributed by atoms with Gasteiger partial charge in [0.25, 0.3) is 5.91 Å². The number of hydrogen-bond acceptors (Lipinski definition) is 5. The van der Waals surface area contributed by atoms with Gasteiger partial charge in [-0.2, -0.15) is 0 Å². The normalized spacial score (nSPS) is 17.5. The smallest absolute Gasteiger partial charge is 0.276 e. The Morgan fingerprint density at radius 3 is 2.75 bits per heavy atom. The summed E-state index contributed by atoms with van der Waals surface area (Å²) in [5.41, 5.74) is 6.35. The zero-order valence-corrected chi connectivity index (χ0v) is 13.4. The lowest BCUT2D eigenvalue weighted by atomic mass is 9.97. The van der Waals surface area contributed by atoms with E-state index < -0.39 is 0 Å². The summed E-state index contributed by atoms with van der Waals surface area (Å²) in [7, 11) is 1.59. The zero-order valence-electron chi connectivity index (χ0n) is 13.4. The highest BCUT2D eigenvalue weighted by atomic mass is 16.5. The maximum absolute atomic E-state index is 12.8. The van der Waals surface area contributed by atoms with E-state index in [2.05, 4.69) is 4.98 Å². The highest BCUT2D eigenvalue weighted by Gasteiger charge is 2.30. The van der Waals surface area contributed by atoms with Crippen molar-refractivity contribution >= 4 is 11.8 Å². The van der Waals surface area contributed by atoms with E-state index in [-0.39, 0.29) is 23.4 Å². The monoisotopic (exact) mass is 329 g/mol. The Morgan fingerprint density at radius 2 is 2.08 bits per heavy atom. The number of benzene rings is 1. The lowest BCUT2D eigenvalue weighted by Crippen LogP contribution is -2.44. The van der Waals surface area contributed by atoms with E-state index >= 15 is 0 Å². The summed E-state index contributed by atoms with van der Waals surface area (Å²) in [5, 5.41) is 0. The number of piperidine rings is 1. The van der Waals surface area contributed by atoms with Crippen molar-refractivity contribution in [1.82, 2.24) is 9.88 Å². The van der Waals surface area contributed by atoms with Gasteiger partial charge in [-0.05, 0) is 37.1 Å². The number of hydrogen-bond donors (Lipinski definition) is 1. The molecular weight excluding hydrogens is 310 g/mol. The average Bonchev–Trinajstić information content (AvgIpc) is 3.11. The summed E-state index contributed by atoms with van der Waals surface area (Å²) in [6.45, 7) is 0.903. The Kier molecular flexibility index (Phi) is 4.50. The first-order chi connectivity index (χ1) is 11.6. The van der Waals surface area contributed by atoms with Crippen molar-refractivity contribution in [2.24, 2.45) is 11.7 Å². The van der Waals surface area contributed by atoms with Crippen LogP contribution in [0.2, 0.25) is 0 Å². The molecule has 2 amide bonds. The van der Waals surface area contributed by atoms with Crippen LogP contribution in [0.4, 0.5) is 0 Å². The van der Waals surface area contributed by atoms with E-state index in [1.807, 2.05) is 0 Å². The third-order valence-electron chi connectivity index (χ3n) is 4.23. The summed E-state index contributed by atoms with van der Waals surface area (Å²) >= 11 is 0. The van der Waals surface area contributed by atoms with E-state index in [1.165, 1.54) is 6.39 Å². The van der Waals surface area contributed by atoms with Crippen LogP contribution < -0.4 is 10.5 Å². The largest absolute Gasteiger partial charge is 0.497 e. The lowest BCUT2D eigenvalue weighted by Gasteiger charge is -2.30. The number of oxazole rings is 1. The second-order valence-electron chi connectivity index (χ2n) is 5.75. The minimum atomic E-state index is -0.372. The minimum Gasteiger partial charge on any atom is -0.497 e. The molecule has 0 saturated carbocycles. The molecule has 3 rings (SSSR count). The van der Waals surface area contributed by atoms with Crippen molar-refractivity contribution in [2.45, 2.75) is 12.8 Å². The zero-order chi connectivity index (χ0) is 17.1. The molecule has 126 valence electrons. The molecule has 0 spiro atoms. The third kappa shape index (κ3) is 3.10. The molecule has 24 heavy (non-hydrogen) atoms. The van der Waals surface area contributed by atoms with Crippen LogP contribution in [0.5, 0.6) is 5.75 Å². The second kappa shape index (κ2) is 6.74. The minimum absolute atomic E-state index is 0.241. The second-order valence-corrected chi connectivity index (χ2v) is 5.75. The van der Waals surface area contributed by atoms with Crippen LogP contribution in [-0.4, -0.2) is 41.9 Å². The fourth-order valence-electron chi connectivity index (χ4n) is 2.89. The fraction of sp³-hybridized carbons (Fsp3) is 0.353. The number of nitrogens with two attached hydrogens (primary N) is 1. The van der Waals surface area contributed by atoms with E-state index in [9.17, 15) is 9.59 Å². The molecule has 0 radical (unpaired) electrons. The predicted octanol–water partition coefficient (Wildman–Crippen LogP) is 1.69. The Labute approximate surface area is 139 Å². The number of rotatable bonds is 4. The average molecular weight is 329 g/mol. The topological polar surface area (TPSA) is 98.7 Å². The number of aromatic nitrogens is 1. The van der Waals surface area contributed by atoms with Crippen molar-refractivity contribution in [3.8, 4) is 17.1 Å². The molecule has 1 aliphatic heterocycles. The molecule has 0 bridgehead atoms. The van der Waals surface area contributed by atoms with Crippen molar-refractivity contribution < 1.29 is 18.7 Å². The van der Waals surface area contributed by atoms with Gasteiger partial charge in [0.05, 0.1) is 13.0 Å². The first-order valence-electron chi connectivity index (χ1n) is 7.76. The van der Waals surface area contributed by atoms with Gasteiger partial charge in [-0.25, -0.2) is 4.98 Å². The van der Waals surface area contributed by atoms with Crippen LogP contribution in [0.1, 0.15) is 23.3 Å². The van der Waals surface area contributed by atoms with Gasteiger partial charge in [-0.3, -0.25) is 9.59 Å². The van der Waals surface area contributed by atoms with Gasteiger partial charge in [0.1, 0.15) is 5.75 Å². The molecule has 2 aromatic rings. The van der Waals surface area contributed by atoms with Crippen molar-refractivity contribution in [3.63, 3.8) is 0 Å². The molecule has 1 unspecified atom stereocenters. The SMILES string of the molecule is COc1ccc(-c2ocnc2C(=O)N2CCCC(C(N)=O)C2)cc1. The number of likely N-dealkylation sites (tertiary alicyclic amines) is 1. The molecule has 1 atom stereocenters. The van der Waals surface area contributed by atoms with Gasteiger partial charge in [-0.15, -0.1) is 0 Å². The summed E-state index contributed by atoms with van der Waals surface area (Å²) in [6, 6.07) is 7.18. The number of carbonyl (C=O) groups excluding carboxylic acids is 2. The highest BCUT2D eigenvalue weighted by Crippen LogP contribution is 2.27. The van der Waals surface area contributed by atoms with E-state index in [0.717, 1.165) is 12.0 Å². The van der Waals surface area contributed by atoms with Crippen LogP contribution in [-0.2, 0) is 4.79 Å². The summed E-state index contributed by atoms with van der Waals surface area (Å²) in [6.07, 6.45) is 2.71. The predicted molar refractivity (Wildman–Crippen MR) is 86.3 cm³/mol. The molecule has 7 nitrogen and oxygen atoms in total. The maximum Gasteiger partial charge on any atom is 0.276 e. The van der Waals surface area contributed by atoms with Gasteiger partial charge < -0.3 is 19.8 Å². The molecule has 1 fully saturated rings. The molecule has 2 heterocycles. The van der Waals surface area contributed by atoms with E-state index in [0.29, 0.717) is 31.0 Å². The number of carbonyl (C=O) groups is 2. The van der Waals surface area contributed by atoms with Crippen LogP contribution in [0, 0.1) is 5.92 Å². The molecule has 1 aromatic carbocycles. The van der Waals surface area contributed by atoms with Gasteiger partial charge in [0.15, 0.2) is 17.8 Å². The number of amides is 2. The first-order valence-corrected chi connectivity index (χ1v) is 7.76. The first kappa shape index (κ1) is 16.0. The summed E-state index contributed by atoms with van der Waals surface area (Å²) in [5.74, 6) is 0.193. The van der Waals surface area contributed by atoms with Crippen molar-refractivity contribution in [3.05, 3.63) is 36.4 Å². The molecule has 1 aliphatic rings. The summed E-state index contributed by atoms with van der Waals surface area (Å²) in [4.78, 5) is 29.9. The van der Waals surface area contributed by atoms with Gasteiger partial charge in [0.2, 0.25) is 5.91 Å². The quantitative estimate of drug-likeness (QED) is 0.920. The molecular formula is C17H19N3O4. The molecule has 1 aromatic heterocycles. The Bertz CT molecular complexity index is 739. The Morgan fingerprint density at radius 1 is 1.33 bits per heavy atom. The van der Waals surface area contributed by atoms with Crippen molar-refractivity contribution in [2.75, 3.05) is 20.2 Å². The number of methoxy groups -OCH3 is 1. The van der Waals surface area contributed by atoms with Gasteiger partial charge in [0, 0.05) is 18.7 Å². The highest BCUT2D eigenvalue weighted by molar-refractivity contribution is 5.98. The van der Waals surface area contributed by atoms with Gasteiger partial charge in [-0.1, -0.05) is 0 Å². The number of ether oxygens (including phenoxy) is 1. The van der Waals surface area contributed by atoms with Crippen LogP contribution >= 0.6 is 0 Å². The molecule has 0 aliphatic carbocycles. The van der Waals surface area contributed by atoms with E-state index in [1.54, 1.807) is 36.3 Å². The van der Waals surface area contributed by atoms with Crippen LogP contribution in [0.15, 0.2) is 35.1 Å².